The van der Waals surface area contributed by atoms with Crippen LogP contribution in [0.3, 0.4) is 0 Å². The fraction of sp³-hybridized carbons (Fsp3) is 0.312. The molecule has 0 saturated heterocycles. The number of nitrogens with zero attached hydrogens (tertiary/aromatic N) is 4. The third kappa shape index (κ3) is 2.61. The van der Waals surface area contributed by atoms with Gasteiger partial charge in [-0.1, -0.05) is 0 Å². The molecule has 0 radical (unpaired) electrons. The summed E-state index contributed by atoms with van der Waals surface area (Å²) in [7, 11) is 3.37. The van der Waals surface area contributed by atoms with E-state index in [0.717, 1.165) is 11.3 Å². The Balaban J connectivity index is 1.64. The van der Waals surface area contributed by atoms with Gasteiger partial charge in [0.15, 0.2) is 11.6 Å². The molecule has 25 heavy (non-hydrogen) atoms. The molecular formula is C16H15F2N5O2. The topological polar surface area (TPSA) is 73.5 Å². The molecule has 0 aliphatic heterocycles. The Morgan fingerprint density at radius 1 is 1.44 bits per heavy atom. The van der Waals surface area contributed by atoms with Gasteiger partial charge in [-0.05, 0) is 12.1 Å². The number of carbonyl (C=O) groups excluding carboxylic acids is 1. The Morgan fingerprint density at radius 3 is 2.88 bits per heavy atom. The molecule has 0 spiro atoms. The maximum absolute atomic E-state index is 13.0. The first-order chi connectivity index (χ1) is 11.9. The van der Waals surface area contributed by atoms with Gasteiger partial charge in [-0.2, -0.15) is 10.2 Å². The molecule has 3 aromatic heterocycles. The molecule has 9 heteroatoms. The second-order valence-electron chi connectivity index (χ2n) is 6.01. The highest BCUT2D eigenvalue weighted by Crippen LogP contribution is 2.49. The van der Waals surface area contributed by atoms with Crippen molar-refractivity contribution in [1.29, 1.82) is 0 Å². The summed E-state index contributed by atoms with van der Waals surface area (Å²) in [6.07, 6.45) is 2.94. The van der Waals surface area contributed by atoms with Gasteiger partial charge in [0.05, 0.1) is 18.8 Å². The first kappa shape index (κ1) is 15.6. The number of ether oxygens (including phenoxy) is 1. The van der Waals surface area contributed by atoms with E-state index in [0.29, 0.717) is 11.3 Å². The van der Waals surface area contributed by atoms with Gasteiger partial charge in [-0.15, -0.1) is 0 Å². The van der Waals surface area contributed by atoms with Gasteiger partial charge < -0.3 is 10.1 Å². The molecule has 0 bridgehead atoms. The van der Waals surface area contributed by atoms with Crippen LogP contribution in [0, 0.1) is 5.92 Å². The number of hydrogen-bond acceptors (Lipinski definition) is 4. The Morgan fingerprint density at radius 2 is 2.20 bits per heavy atom. The van der Waals surface area contributed by atoms with Crippen molar-refractivity contribution in [1.82, 2.24) is 19.4 Å². The maximum atomic E-state index is 13.0. The number of aromatic nitrogens is 4. The van der Waals surface area contributed by atoms with Gasteiger partial charge in [0.1, 0.15) is 11.6 Å². The van der Waals surface area contributed by atoms with Crippen LogP contribution in [0.1, 0.15) is 6.42 Å². The van der Waals surface area contributed by atoms with E-state index >= 15 is 0 Å². The number of nitrogens with one attached hydrogen (secondary N) is 1. The Labute approximate surface area is 141 Å². The second kappa shape index (κ2) is 5.27. The maximum Gasteiger partial charge on any atom is 0.260 e. The van der Waals surface area contributed by atoms with Crippen molar-refractivity contribution < 1.29 is 18.3 Å². The van der Waals surface area contributed by atoms with Crippen LogP contribution in [-0.4, -0.2) is 38.3 Å². The van der Waals surface area contributed by atoms with Crippen LogP contribution < -0.4 is 10.1 Å². The molecule has 3 heterocycles. The normalized spacial score (nSPS) is 18.3. The lowest BCUT2D eigenvalue weighted by Gasteiger charge is -2.05. The smallest absolute Gasteiger partial charge is 0.260 e. The van der Waals surface area contributed by atoms with Gasteiger partial charge in [0.2, 0.25) is 5.91 Å². The minimum absolute atomic E-state index is 0.238. The molecule has 7 nitrogen and oxygen atoms in total. The highest BCUT2D eigenvalue weighted by molar-refractivity contribution is 5.95. The molecule has 130 valence electrons. The fourth-order valence-corrected chi connectivity index (χ4v) is 2.81. The molecule has 1 saturated carbocycles. The number of hydrogen-bond donors (Lipinski definition) is 1. The summed E-state index contributed by atoms with van der Waals surface area (Å²) in [5, 5.41) is 10.8. The molecule has 1 N–H and O–H groups in total. The Kier molecular flexibility index (Phi) is 3.28. The van der Waals surface area contributed by atoms with Gasteiger partial charge >= 0.3 is 0 Å². The lowest BCUT2D eigenvalue weighted by molar-refractivity contribution is -0.119. The van der Waals surface area contributed by atoms with E-state index in [4.69, 9.17) is 4.74 Å². The highest BCUT2D eigenvalue weighted by Gasteiger charge is 2.61. The highest BCUT2D eigenvalue weighted by atomic mass is 19.3. The number of rotatable bonds is 4. The minimum Gasteiger partial charge on any atom is -0.493 e. The largest absolute Gasteiger partial charge is 0.493 e. The van der Waals surface area contributed by atoms with E-state index in [2.05, 4.69) is 15.5 Å². The molecule has 0 aromatic carbocycles. The molecule has 1 unspecified atom stereocenters. The van der Waals surface area contributed by atoms with Crippen molar-refractivity contribution in [3.63, 3.8) is 0 Å². The third-order valence-corrected chi connectivity index (χ3v) is 4.26. The van der Waals surface area contributed by atoms with Gasteiger partial charge in [0.25, 0.3) is 5.92 Å². The van der Waals surface area contributed by atoms with Crippen LogP contribution in [0.15, 0.2) is 30.6 Å². The lowest BCUT2D eigenvalue weighted by atomic mass is 10.1. The van der Waals surface area contributed by atoms with E-state index in [1.807, 2.05) is 12.1 Å². The second-order valence-corrected chi connectivity index (χ2v) is 6.01. The zero-order valence-electron chi connectivity index (χ0n) is 13.5. The molecule has 1 amide bonds. The van der Waals surface area contributed by atoms with Crippen molar-refractivity contribution in [2.75, 3.05) is 12.4 Å². The fourth-order valence-electron chi connectivity index (χ4n) is 2.81. The predicted molar refractivity (Wildman–Crippen MR) is 85.6 cm³/mol. The zero-order chi connectivity index (χ0) is 17.8. The van der Waals surface area contributed by atoms with E-state index < -0.39 is 24.2 Å². The first-order valence-corrected chi connectivity index (χ1v) is 7.63. The van der Waals surface area contributed by atoms with Crippen LogP contribution in [0.2, 0.25) is 0 Å². The number of fused-ring (bicyclic) bond motifs is 1. The molecule has 1 atom stereocenters. The Hall–Kier alpha value is -2.97. The summed E-state index contributed by atoms with van der Waals surface area (Å²) in [5.41, 5.74) is 2.36. The average Bonchev–Trinajstić information content (AvgIpc) is 2.91. The first-order valence-electron chi connectivity index (χ1n) is 7.63. The minimum atomic E-state index is -2.90. The number of methoxy groups -OCH3 is 1. The molecule has 1 aliphatic carbocycles. The molecular weight excluding hydrogens is 332 g/mol. The van der Waals surface area contributed by atoms with Crippen LogP contribution in [0.5, 0.6) is 5.75 Å². The lowest BCUT2D eigenvalue weighted by Crippen LogP contribution is -2.17. The number of alkyl halides is 2. The van der Waals surface area contributed by atoms with Crippen LogP contribution in [0.4, 0.5) is 14.6 Å². The SMILES string of the molecule is COc1cnn(C)c1-c1ccn2nc(NC(=O)C3CC3(F)F)cc2c1. The summed E-state index contributed by atoms with van der Waals surface area (Å²) in [5.74, 6) is -3.99. The van der Waals surface area contributed by atoms with Crippen molar-refractivity contribution in [2.24, 2.45) is 13.0 Å². The molecule has 1 aliphatic rings. The van der Waals surface area contributed by atoms with Gasteiger partial charge in [-0.3, -0.25) is 9.48 Å². The van der Waals surface area contributed by atoms with Crippen molar-refractivity contribution in [3.05, 3.63) is 30.6 Å². The van der Waals surface area contributed by atoms with Crippen molar-refractivity contribution >= 4 is 17.2 Å². The summed E-state index contributed by atoms with van der Waals surface area (Å²) >= 11 is 0. The standard InChI is InChI=1S/C16H15F2N5O2/c1-22-14(12(25-2)8-19-22)9-3-4-23-10(5-9)6-13(21-23)20-15(24)11-7-16(11,17)18/h3-6,8,11H,7H2,1-2H3,(H,20,21,24). The number of pyridine rings is 1. The van der Waals surface area contributed by atoms with Crippen molar-refractivity contribution in [3.8, 4) is 17.0 Å². The van der Waals surface area contributed by atoms with E-state index in [9.17, 15) is 13.6 Å². The van der Waals surface area contributed by atoms with E-state index in [1.54, 1.807) is 41.8 Å². The number of aryl methyl sites for hydroxylation is 1. The van der Waals surface area contributed by atoms with Gasteiger partial charge in [0, 0.05) is 31.3 Å². The summed E-state index contributed by atoms with van der Waals surface area (Å²) in [4.78, 5) is 11.8. The van der Waals surface area contributed by atoms with Gasteiger partial charge in [-0.25, -0.2) is 13.3 Å². The van der Waals surface area contributed by atoms with Crippen LogP contribution in [0.25, 0.3) is 16.8 Å². The van der Waals surface area contributed by atoms with Crippen LogP contribution in [-0.2, 0) is 11.8 Å². The van der Waals surface area contributed by atoms with Crippen molar-refractivity contribution in [2.45, 2.75) is 12.3 Å². The summed E-state index contributed by atoms with van der Waals surface area (Å²) in [6.45, 7) is 0. The predicted octanol–water partition coefficient (Wildman–Crippen LogP) is 2.34. The number of amides is 1. The quantitative estimate of drug-likeness (QED) is 0.786. The van der Waals surface area contributed by atoms with E-state index in [-0.39, 0.29) is 5.82 Å². The number of anilines is 1. The monoisotopic (exact) mass is 347 g/mol. The molecule has 3 aromatic rings. The molecule has 4 rings (SSSR count). The zero-order valence-corrected chi connectivity index (χ0v) is 13.5. The Bertz CT molecular complexity index is 978. The summed E-state index contributed by atoms with van der Waals surface area (Å²) in [6, 6.07) is 5.32. The average molecular weight is 347 g/mol. The number of halogens is 2. The third-order valence-electron chi connectivity index (χ3n) is 4.26. The summed E-state index contributed by atoms with van der Waals surface area (Å²) < 4.78 is 34.5. The molecule has 1 fully saturated rings. The number of carbonyl (C=O) groups is 1. The van der Waals surface area contributed by atoms with E-state index in [1.165, 1.54) is 0 Å². The van der Waals surface area contributed by atoms with Crippen LogP contribution >= 0.6 is 0 Å².